The molecule has 0 aromatic heterocycles. The van der Waals surface area contributed by atoms with Crippen LogP contribution in [0, 0.1) is 0 Å². The molecule has 0 rings (SSSR count). The molecule has 7 heteroatoms. The lowest BCUT2D eigenvalue weighted by atomic mass is 10.4. The molecule has 0 radical (unpaired) electrons. The molecule has 0 heterocycles. The highest BCUT2D eigenvalue weighted by Crippen LogP contribution is 2.13. The Bertz CT molecular complexity index is 113. The van der Waals surface area contributed by atoms with Gasteiger partial charge in [0.2, 0.25) is 0 Å². The fourth-order valence-corrected chi connectivity index (χ4v) is 0.513. The summed E-state index contributed by atoms with van der Waals surface area (Å²) < 4.78 is 18.6. The molecule has 0 saturated heterocycles. The van der Waals surface area contributed by atoms with Crippen LogP contribution in [0.3, 0.4) is 0 Å². The normalized spacial score (nSPS) is 13.8. The van der Waals surface area contributed by atoms with E-state index in [2.05, 4.69) is 9.26 Å². The summed E-state index contributed by atoms with van der Waals surface area (Å²) in [6, 6.07) is 0. The number of rotatable bonds is 6. The lowest BCUT2D eigenvalue weighted by molar-refractivity contribution is -0.0767. The van der Waals surface area contributed by atoms with Crippen LogP contribution < -0.4 is 0 Å². The Morgan fingerprint density at radius 3 is 2.27 bits per heavy atom. The minimum absolute atomic E-state index is 0.355. The minimum Gasteiger partial charge on any atom is -0.394 e. The van der Waals surface area contributed by atoms with Crippen LogP contribution in [0.2, 0.25) is 0 Å². The van der Waals surface area contributed by atoms with Crippen molar-refractivity contribution in [2.45, 2.75) is 6.10 Å². The van der Waals surface area contributed by atoms with Crippen LogP contribution in [0.4, 0.5) is 0 Å². The molecule has 0 amide bonds. The van der Waals surface area contributed by atoms with Gasteiger partial charge in [-0.05, 0) is 0 Å². The molecule has 68 valence electrons. The van der Waals surface area contributed by atoms with E-state index in [1.807, 2.05) is 0 Å². The van der Waals surface area contributed by atoms with Gasteiger partial charge in [-0.3, -0.25) is 9.09 Å². The second-order valence-corrected chi connectivity index (χ2v) is 2.50. The number of hydrogen-bond acceptors (Lipinski definition) is 5. The largest absolute Gasteiger partial charge is 0.394 e. The zero-order valence-corrected chi connectivity index (χ0v) is 6.77. The minimum atomic E-state index is -2.98. The Morgan fingerprint density at radius 2 is 1.91 bits per heavy atom. The zero-order chi connectivity index (χ0) is 8.69. The van der Waals surface area contributed by atoms with Crippen LogP contribution in [0.1, 0.15) is 0 Å². The van der Waals surface area contributed by atoms with Gasteiger partial charge in [0.1, 0.15) is 6.10 Å². The van der Waals surface area contributed by atoms with Gasteiger partial charge in [0.25, 0.3) is 0 Å². The van der Waals surface area contributed by atoms with Gasteiger partial charge in [0.05, 0.1) is 13.2 Å². The lowest BCUT2D eigenvalue weighted by Gasteiger charge is -2.10. The Balaban J connectivity index is 3.28. The molecular weight excluding hydrogens is 175 g/mol. The molecule has 1 atom stereocenters. The van der Waals surface area contributed by atoms with E-state index < -0.39 is 21.2 Å². The van der Waals surface area contributed by atoms with E-state index in [0.717, 1.165) is 0 Å². The van der Waals surface area contributed by atoms with Gasteiger partial charge in [-0.1, -0.05) is 0 Å². The van der Waals surface area contributed by atoms with Crippen molar-refractivity contribution in [1.82, 2.24) is 0 Å². The summed E-state index contributed by atoms with van der Waals surface area (Å²) in [6.45, 7) is -1.11. The van der Waals surface area contributed by atoms with Gasteiger partial charge in [-0.15, -0.1) is 0 Å². The summed E-state index contributed by atoms with van der Waals surface area (Å²) in [5, 5.41) is 16.8. The molecule has 0 aromatic carbocycles. The number of aliphatic hydroxyl groups excluding tert-OH is 2. The highest BCUT2D eigenvalue weighted by molar-refractivity contribution is 7.32. The maximum absolute atomic E-state index is 9.92. The van der Waals surface area contributed by atoms with Gasteiger partial charge in [0.15, 0.2) is 6.79 Å². The monoisotopic (exact) mass is 186 g/mol. The van der Waals surface area contributed by atoms with E-state index in [0.29, 0.717) is 0 Å². The Hall–Kier alpha value is 0.0300. The third kappa shape index (κ3) is 6.43. The lowest BCUT2D eigenvalue weighted by Crippen LogP contribution is -2.22. The van der Waals surface area contributed by atoms with E-state index in [1.165, 1.54) is 0 Å². The summed E-state index contributed by atoms with van der Waals surface area (Å²) in [4.78, 5) is 8.13. The topological polar surface area (TPSA) is 96.2 Å². The van der Waals surface area contributed by atoms with E-state index in [-0.39, 0.29) is 13.2 Å². The van der Waals surface area contributed by atoms with Gasteiger partial charge in [-0.25, -0.2) is 0 Å². The van der Waals surface area contributed by atoms with Crippen LogP contribution in [-0.4, -0.2) is 41.2 Å². The number of hydrogen-bond donors (Lipinski definition) is 3. The molecule has 0 spiro atoms. The first-order chi connectivity index (χ1) is 5.20. The highest BCUT2D eigenvalue weighted by atomic mass is 31.1. The number of aliphatic hydroxyl groups is 2. The summed E-state index contributed by atoms with van der Waals surface area (Å²) in [5.41, 5.74) is 0. The molecular formula is C4H11O6P. The fourth-order valence-electron chi connectivity index (χ4n) is 0.344. The first-order valence-corrected chi connectivity index (χ1v) is 4.16. The van der Waals surface area contributed by atoms with Crippen LogP contribution >= 0.6 is 8.25 Å². The summed E-state index contributed by atoms with van der Waals surface area (Å²) >= 11 is 0. The Morgan fingerprint density at radius 1 is 1.36 bits per heavy atom. The maximum atomic E-state index is 9.92. The van der Waals surface area contributed by atoms with Crippen molar-refractivity contribution in [1.29, 1.82) is 0 Å². The average molecular weight is 186 g/mol. The molecule has 0 aromatic rings. The van der Waals surface area contributed by atoms with Crippen molar-refractivity contribution < 1.29 is 28.9 Å². The quantitative estimate of drug-likeness (QED) is 0.353. The SMILES string of the molecule is O=[PH](O)OCOC(CO)CO. The Kier molecular flexibility index (Phi) is 6.74. The molecule has 0 aliphatic heterocycles. The van der Waals surface area contributed by atoms with Crippen LogP contribution in [0.25, 0.3) is 0 Å². The van der Waals surface area contributed by atoms with Crippen molar-refractivity contribution in [2.24, 2.45) is 0 Å². The van der Waals surface area contributed by atoms with Crippen LogP contribution in [0.5, 0.6) is 0 Å². The first-order valence-electron chi connectivity index (χ1n) is 2.89. The van der Waals surface area contributed by atoms with Gasteiger partial charge in [0, 0.05) is 0 Å². The van der Waals surface area contributed by atoms with Gasteiger partial charge < -0.3 is 19.8 Å². The second-order valence-electron chi connectivity index (χ2n) is 1.68. The number of ether oxygens (including phenoxy) is 1. The maximum Gasteiger partial charge on any atom is 0.318 e. The zero-order valence-electron chi connectivity index (χ0n) is 5.77. The van der Waals surface area contributed by atoms with E-state index in [4.69, 9.17) is 15.1 Å². The Labute approximate surface area is 64.3 Å². The fraction of sp³-hybridized carbons (Fsp3) is 1.00. The standard InChI is InChI=1S/C4H11O6P/c5-1-4(2-6)9-3-10-11(7)8/h4-6,11H,1-3H2,(H,7,8). The van der Waals surface area contributed by atoms with E-state index in [1.54, 1.807) is 0 Å². The van der Waals surface area contributed by atoms with Gasteiger partial charge >= 0.3 is 8.25 Å². The molecule has 11 heavy (non-hydrogen) atoms. The molecule has 0 aliphatic carbocycles. The molecule has 0 aliphatic rings. The van der Waals surface area contributed by atoms with Crippen molar-refractivity contribution in [2.75, 3.05) is 20.0 Å². The third-order valence-corrected chi connectivity index (χ3v) is 1.26. The molecule has 1 unspecified atom stereocenters. The summed E-state index contributed by atoms with van der Waals surface area (Å²) in [7, 11) is -2.98. The van der Waals surface area contributed by atoms with Crippen molar-refractivity contribution in [3.63, 3.8) is 0 Å². The predicted molar refractivity (Wildman–Crippen MR) is 36.2 cm³/mol. The van der Waals surface area contributed by atoms with Crippen LogP contribution in [-0.2, 0) is 13.8 Å². The third-order valence-electron chi connectivity index (χ3n) is 0.893. The van der Waals surface area contributed by atoms with E-state index >= 15 is 0 Å². The van der Waals surface area contributed by atoms with Crippen LogP contribution in [0.15, 0.2) is 0 Å². The molecule has 0 bridgehead atoms. The summed E-state index contributed by atoms with van der Waals surface area (Å²) in [5.74, 6) is 0. The highest BCUT2D eigenvalue weighted by Gasteiger charge is 2.05. The van der Waals surface area contributed by atoms with Crippen molar-refractivity contribution >= 4 is 8.25 Å². The second kappa shape index (κ2) is 6.72. The van der Waals surface area contributed by atoms with E-state index in [9.17, 15) is 4.57 Å². The molecule has 0 saturated carbocycles. The average Bonchev–Trinajstić information content (AvgIpc) is 1.98. The summed E-state index contributed by atoms with van der Waals surface area (Å²) in [6.07, 6.45) is -0.753. The van der Waals surface area contributed by atoms with Gasteiger partial charge in [-0.2, -0.15) is 0 Å². The van der Waals surface area contributed by atoms with Crippen molar-refractivity contribution in [3.05, 3.63) is 0 Å². The molecule has 6 nitrogen and oxygen atoms in total. The predicted octanol–water partition coefficient (Wildman–Crippen LogP) is -1.29. The molecule has 0 fully saturated rings. The first kappa shape index (κ1) is 11.0. The molecule has 3 N–H and O–H groups in total. The smallest absolute Gasteiger partial charge is 0.318 e. The van der Waals surface area contributed by atoms with Crippen molar-refractivity contribution in [3.8, 4) is 0 Å².